The molecule has 0 spiro atoms. The highest BCUT2D eigenvalue weighted by molar-refractivity contribution is 9.10. The van der Waals surface area contributed by atoms with E-state index in [1.807, 2.05) is 43.3 Å². The Morgan fingerprint density at radius 2 is 1.88 bits per heavy atom. The molecule has 0 aromatic heterocycles. The van der Waals surface area contributed by atoms with Crippen LogP contribution in [0.1, 0.15) is 5.56 Å². The van der Waals surface area contributed by atoms with E-state index in [4.69, 9.17) is 10.5 Å². The van der Waals surface area contributed by atoms with Gasteiger partial charge in [0.15, 0.2) is 0 Å². The number of hydrogen-bond acceptors (Lipinski definition) is 2. The maximum absolute atomic E-state index is 5.81. The van der Waals surface area contributed by atoms with Gasteiger partial charge in [-0.05, 0) is 58.7 Å². The molecular weight excluding hydrogens is 346 g/mol. The van der Waals surface area contributed by atoms with Gasteiger partial charge in [-0.2, -0.15) is 0 Å². The number of benzene rings is 2. The van der Waals surface area contributed by atoms with Gasteiger partial charge in [0.25, 0.3) is 0 Å². The van der Waals surface area contributed by atoms with Crippen molar-refractivity contribution in [3.63, 3.8) is 0 Å². The van der Waals surface area contributed by atoms with Crippen molar-refractivity contribution in [2.45, 2.75) is 6.92 Å². The summed E-state index contributed by atoms with van der Waals surface area (Å²) in [5.74, 6) is 1.54. The largest absolute Gasteiger partial charge is 0.456 e. The molecule has 4 heteroatoms. The lowest BCUT2D eigenvalue weighted by Gasteiger charge is -2.10. The van der Waals surface area contributed by atoms with Crippen molar-refractivity contribution in [3.8, 4) is 11.5 Å². The second-order valence-corrected chi connectivity index (χ2v) is 5.47. The third-order valence-electron chi connectivity index (χ3n) is 2.34. The van der Waals surface area contributed by atoms with Crippen molar-refractivity contribution < 1.29 is 4.74 Å². The van der Waals surface area contributed by atoms with E-state index in [9.17, 15) is 0 Å². The second-order valence-electron chi connectivity index (χ2n) is 3.70. The lowest BCUT2D eigenvalue weighted by molar-refractivity contribution is 0.479. The Bertz CT molecular complexity index is 555. The number of halogens is 2. The molecule has 0 aliphatic rings. The molecule has 0 fully saturated rings. The molecule has 2 aromatic rings. The monoisotopic (exact) mass is 355 g/mol. The van der Waals surface area contributed by atoms with E-state index in [0.717, 1.165) is 31.7 Å². The first-order valence-electron chi connectivity index (χ1n) is 5.05. The fraction of sp³-hybridized carbons (Fsp3) is 0.0769. The summed E-state index contributed by atoms with van der Waals surface area (Å²) in [5, 5.41) is 0. The van der Waals surface area contributed by atoms with E-state index in [-0.39, 0.29) is 0 Å². The number of aryl methyl sites for hydroxylation is 1. The lowest BCUT2D eigenvalue weighted by atomic mass is 10.2. The van der Waals surface area contributed by atoms with Gasteiger partial charge in [-0.3, -0.25) is 0 Å². The summed E-state index contributed by atoms with van der Waals surface area (Å²) in [5.41, 5.74) is 7.56. The minimum absolute atomic E-state index is 0.749. The minimum atomic E-state index is 0.749. The van der Waals surface area contributed by atoms with Crippen LogP contribution in [0.3, 0.4) is 0 Å². The molecule has 88 valence electrons. The Hall–Kier alpha value is -1.00. The number of nitrogens with two attached hydrogens (primary N) is 1. The normalized spacial score (nSPS) is 10.3. The molecular formula is C13H11Br2NO. The Kier molecular flexibility index (Phi) is 3.74. The van der Waals surface area contributed by atoms with Gasteiger partial charge in [-0.15, -0.1) is 0 Å². The molecule has 0 aliphatic heterocycles. The Labute approximate surface area is 117 Å². The van der Waals surface area contributed by atoms with Gasteiger partial charge in [0.2, 0.25) is 0 Å². The molecule has 2 rings (SSSR count). The van der Waals surface area contributed by atoms with Crippen LogP contribution in [0.15, 0.2) is 45.3 Å². The van der Waals surface area contributed by atoms with E-state index in [2.05, 4.69) is 31.9 Å². The summed E-state index contributed by atoms with van der Waals surface area (Å²) in [6, 6.07) is 11.5. The third-order valence-corrected chi connectivity index (χ3v) is 3.46. The van der Waals surface area contributed by atoms with Crippen LogP contribution >= 0.6 is 31.9 Å². The Morgan fingerprint density at radius 3 is 2.59 bits per heavy atom. The van der Waals surface area contributed by atoms with E-state index in [0.29, 0.717) is 0 Å². The maximum Gasteiger partial charge on any atom is 0.142 e. The van der Waals surface area contributed by atoms with Crippen molar-refractivity contribution >= 4 is 37.5 Å². The smallest absolute Gasteiger partial charge is 0.142 e. The van der Waals surface area contributed by atoms with Crippen LogP contribution in [0, 0.1) is 6.92 Å². The van der Waals surface area contributed by atoms with Crippen LogP contribution in [0.5, 0.6) is 11.5 Å². The summed E-state index contributed by atoms with van der Waals surface area (Å²) in [4.78, 5) is 0. The standard InChI is InChI=1S/C13H11Br2NO/c1-8-5-13(11(15)7-12(8)16)17-10-4-2-3-9(14)6-10/h2-7H,16H2,1H3. The predicted molar refractivity (Wildman–Crippen MR) is 77.5 cm³/mol. The minimum Gasteiger partial charge on any atom is -0.456 e. The molecule has 0 radical (unpaired) electrons. The molecule has 2 nitrogen and oxygen atoms in total. The average Bonchev–Trinajstić information content (AvgIpc) is 2.26. The molecule has 0 saturated heterocycles. The molecule has 0 aliphatic carbocycles. The quantitative estimate of drug-likeness (QED) is 0.777. The first kappa shape index (κ1) is 12.5. The fourth-order valence-corrected chi connectivity index (χ4v) is 2.23. The van der Waals surface area contributed by atoms with Crippen molar-refractivity contribution in [3.05, 3.63) is 50.9 Å². The zero-order chi connectivity index (χ0) is 12.4. The van der Waals surface area contributed by atoms with Crippen molar-refractivity contribution in [1.82, 2.24) is 0 Å². The zero-order valence-corrected chi connectivity index (χ0v) is 12.4. The van der Waals surface area contributed by atoms with Gasteiger partial charge in [-0.1, -0.05) is 22.0 Å². The highest BCUT2D eigenvalue weighted by Crippen LogP contribution is 2.33. The molecule has 0 heterocycles. The molecule has 2 N–H and O–H groups in total. The third kappa shape index (κ3) is 3.01. The summed E-state index contributed by atoms with van der Waals surface area (Å²) >= 11 is 6.85. The molecule has 0 amide bonds. The number of anilines is 1. The highest BCUT2D eigenvalue weighted by atomic mass is 79.9. The van der Waals surface area contributed by atoms with Crippen molar-refractivity contribution in [2.75, 3.05) is 5.73 Å². The Balaban J connectivity index is 2.33. The van der Waals surface area contributed by atoms with Crippen molar-refractivity contribution in [2.24, 2.45) is 0 Å². The number of nitrogen functional groups attached to an aromatic ring is 1. The highest BCUT2D eigenvalue weighted by Gasteiger charge is 2.06. The summed E-state index contributed by atoms with van der Waals surface area (Å²) in [6.45, 7) is 1.95. The van der Waals surface area contributed by atoms with Crippen LogP contribution in [0.4, 0.5) is 5.69 Å². The van der Waals surface area contributed by atoms with E-state index in [1.165, 1.54) is 0 Å². The van der Waals surface area contributed by atoms with Crippen molar-refractivity contribution in [1.29, 1.82) is 0 Å². The lowest BCUT2D eigenvalue weighted by Crippen LogP contribution is -1.92. The molecule has 17 heavy (non-hydrogen) atoms. The molecule has 2 aromatic carbocycles. The molecule has 0 saturated carbocycles. The Morgan fingerprint density at radius 1 is 1.12 bits per heavy atom. The van der Waals surface area contributed by atoms with E-state index in [1.54, 1.807) is 0 Å². The first-order valence-corrected chi connectivity index (χ1v) is 6.64. The van der Waals surface area contributed by atoms with Gasteiger partial charge in [0.05, 0.1) is 4.47 Å². The van der Waals surface area contributed by atoms with Crippen LogP contribution in [0.25, 0.3) is 0 Å². The molecule has 0 unspecified atom stereocenters. The number of hydrogen-bond donors (Lipinski definition) is 1. The number of rotatable bonds is 2. The number of ether oxygens (including phenoxy) is 1. The SMILES string of the molecule is Cc1cc(Oc2cccc(Br)c2)c(Br)cc1N. The van der Waals surface area contributed by atoms with E-state index < -0.39 is 0 Å². The molecule has 0 bridgehead atoms. The fourth-order valence-electron chi connectivity index (χ4n) is 1.41. The second kappa shape index (κ2) is 5.10. The first-order chi connectivity index (χ1) is 8.06. The van der Waals surface area contributed by atoms with Crippen LogP contribution in [-0.4, -0.2) is 0 Å². The van der Waals surface area contributed by atoms with Crippen LogP contribution in [0.2, 0.25) is 0 Å². The van der Waals surface area contributed by atoms with Gasteiger partial charge in [0, 0.05) is 10.2 Å². The van der Waals surface area contributed by atoms with Gasteiger partial charge < -0.3 is 10.5 Å². The predicted octanol–water partition coefficient (Wildman–Crippen LogP) is 4.89. The topological polar surface area (TPSA) is 35.2 Å². The van der Waals surface area contributed by atoms with Gasteiger partial charge in [0.1, 0.15) is 11.5 Å². The summed E-state index contributed by atoms with van der Waals surface area (Å²) in [6.07, 6.45) is 0. The van der Waals surface area contributed by atoms with Gasteiger partial charge >= 0.3 is 0 Å². The van der Waals surface area contributed by atoms with Crippen LogP contribution < -0.4 is 10.5 Å². The van der Waals surface area contributed by atoms with Crippen LogP contribution in [-0.2, 0) is 0 Å². The van der Waals surface area contributed by atoms with Gasteiger partial charge in [-0.25, -0.2) is 0 Å². The average molecular weight is 357 g/mol. The molecule has 0 atom stereocenters. The van der Waals surface area contributed by atoms with E-state index >= 15 is 0 Å². The maximum atomic E-state index is 5.81. The summed E-state index contributed by atoms with van der Waals surface area (Å²) in [7, 11) is 0. The summed E-state index contributed by atoms with van der Waals surface area (Å²) < 4.78 is 7.63. The zero-order valence-electron chi connectivity index (χ0n) is 9.21.